The second kappa shape index (κ2) is 6.43. The van der Waals surface area contributed by atoms with Gasteiger partial charge in [0.2, 0.25) is 6.79 Å². The third kappa shape index (κ3) is 2.86. The normalized spacial score (nSPS) is 15.3. The Kier molecular flexibility index (Phi) is 4.14. The van der Waals surface area contributed by atoms with E-state index in [4.69, 9.17) is 9.47 Å². The van der Waals surface area contributed by atoms with Gasteiger partial charge in [0.05, 0.1) is 6.54 Å². The number of halogens is 2. The van der Waals surface area contributed by atoms with Crippen LogP contribution >= 0.6 is 15.9 Å². The number of hydrogen-bond acceptors (Lipinski definition) is 4. The minimum Gasteiger partial charge on any atom is -0.454 e. The quantitative estimate of drug-likeness (QED) is 0.869. The van der Waals surface area contributed by atoms with E-state index < -0.39 is 0 Å². The minimum atomic E-state index is -0.201. The van der Waals surface area contributed by atoms with Gasteiger partial charge in [0, 0.05) is 16.6 Å². The van der Waals surface area contributed by atoms with Crippen LogP contribution in [0.2, 0.25) is 0 Å². The predicted molar refractivity (Wildman–Crippen MR) is 93.5 cm³/mol. The molecule has 0 atom stereocenters. The fourth-order valence-corrected chi connectivity index (χ4v) is 3.59. The van der Waals surface area contributed by atoms with Gasteiger partial charge in [-0.05, 0) is 42.2 Å². The molecule has 0 amide bonds. The number of benzene rings is 2. The van der Waals surface area contributed by atoms with Gasteiger partial charge in [-0.15, -0.1) is 0 Å². The molecule has 4 rings (SSSR count). The molecule has 24 heavy (non-hydrogen) atoms. The maximum atomic E-state index is 14.4. The summed E-state index contributed by atoms with van der Waals surface area (Å²) in [4.78, 5) is 4.42. The summed E-state index contributed by atoms with van der Waals surface area (Å²) in [6, 6.07) is 9.03. The average molecular weight is 391 g/mol. The Bertz CT molecular complexity index is 823. The molecule has 0 aromatic heterocycles. The van der Waals surface area contributed by atoms with Gasteiger partial charge in [0.1, 0.15) is 11.7 Å². The van der Waals surface area contributed by atoms with Crippen LogP contribution in [0.4, 0.5) is 4.39 Å². The van der Waals surface area contributed by atoms with Gasteiger partial charge in [-0.3, -0.25) is 4.99 Å². The third-order valence-corrected chi connectivity index (χ3v) is 4.66. The molecular formula is C18H16BrFN2O2. The van der Waals surface area contributed by atoms with Gasteiger partial charge < -0.3 is 14.8 Å². The predicted octanol–water partition coefficient (Wildman–Crippen LogP) is 3.45. The highest BCUT2D eigenvalue weighted by atomic mass is 79.9. The maximum absolute atomic E-state index is 14.4. The highest BCUT2D eigenvalue weighted by molar-refractivity contribution is 9.10. The molecule has 1 N–H and O–H groups in total. The molecule has 2 aromatic carbocycles. The van der Waals surface area contributed by atoms with Gasteiger partial charge >= 0.3 is 0 Å². The SMILES string of the molecule is Fc1cccc(C2=NCCN2)c1CCc1cc(Br)cc2c1OCO2. The van der Waals surface area contributed by atoms with E-state index in [1.54, 1.807) is 6.07 Å². The molecule has 0 unspecified atom stereocenters. The van der Waals surface area contributed by atoms with Crippen molar-refractivity contribution in [3.63, 3.8) is 0 Å². The first kappa shape index (κ1) is 15.4. The van der Waals surface area contributed by atoms with Crippen LogP contribution in [0.3, 0.4) is 0 Å². The van der Waals surface area contributed by atoms with Crippen molar-refractivity contribution >= 4 is 21.8 Å². The topological polar surface area (TPSA) is 42.9 Å². The van der Waals surface area contributed by atoms with Gasteiger partial charge in [-0.25, -0.2) is 4.39 Å². The van der Waals surface area contributed by atoms with Crippen molar-refractivity contribution in [2.24, 2.45) is 4.99 Å². The van der Waals surface area contributed by atoms with E-state index in [0.717, 1.165) is 46.0 Å². The maximum Gasteiger partial charge on any atom is 0.231 e. The zero-order chi connectivity index (χ0) is 16.5. The Hall–Kier alpha value is -2.08. The molecule has 0 spiro atoms. The Morgan fingerprint density at radius 1 is 1.21 bits per heavy atom. The monoisotopic (exact) mass is 390 g/mol. The van der Waals surface area contributed by atoms with E-state index in [2.05, 4.69) is 26.2 Å². The summed E-state index contributed by atoms with van der Waals surface area (Å²) < 4.78 is 26.3. The zero-order valence-corrected chi connectivity index (χ0v) is 14.5. The summed E-state index contributed by atoms with van der Waals surface area (Å²) in [6.07, 6.45) is 1.22. The average Bonchev–Trinajstić information content (AvgIpc) is 3.24. The molecule has 2 aromatic rings. The molecular weight excluding hydrogens is 375 g/mol. The summed E-state index contributed by atoms with van der Waals surface area (Å²) in [5.41, 5.74) is 2.53. The van der Waals surface area contributed by atoms with Crippen LogP contribution in [-0.2, 0) is 12.8 Å². The fraction of sp³-hybridized carbons (Fsp3) is 0.278. The fourth-order valence-electron chi connectivity index (χ4n) is 3.10. The van der Waals surface area contributed by atoms with Crippen molar-refractivity contribution in [2.45, 2.75) is 12.8 Å². The molecule has 0 saturated carbocycles. The Labute approximate surface area is 147 Å². The first-order valence-corrected chi connectivity index (χ1v) is 8.66. The van der Waals surface area contributed by atoms with Crippen molar-refractivity contribution in [3.05, 3.63) is 57.3 Å². The number of fused-ring (bicyclic) bond motifs is 1. The number of rotatable bonds is 4. The highest BCUT2D eigenvalue weighted by Crippen LogP contribution is 2.39. The molecule has 2 aliphatic heterocycles. The number of ether oxygens (including phenoxy) is 2. The van der Waals surface area contributed by atoms with E-state index in [0.29, 0.717) is 18.4 Å². The molecule has 6 heteroatoms. The van der Waals surface area contributed by atoms with Gasteiger partial charge in [-0.2, -0.15) is 0 Å². The summed E-state index contributed by atoms with van der Waals surface area (Å²) in [5, 5.41) is 3.22. The first-order chi connectivity index (χ1) is 11.7. The minimum absolute atomic E-state index is 0.201. The molecule has 0 fully saturated rings. The van der Waals surface area contributed by atoms with Crippen LogP contribution in [0.5, 0.6) is 11.5 Å². The van der Waals surface area contributed by atoms with Crippen LogP contribution in [0.25, 0.3) is 0 Å². The van der Waals surface area contributed by atoms with Crippen molar-refractivity contribution in [1.82, 2.24) is 5.32 Å². The molecule has 0 saturated heterocycles. The lowest BCUT2D eigenvalue weighted by Crippen LogP contribution is -2.21. The number of nitrogens with zero attached hydrogens (tertiary/aromatic N) is 1. The Morgan fingerprint density at radius 2 is 2.12 bits per heavy atom. The number of hydrogen-bond donors (Lipinski definition) is 1. The van der Waals surface area contributed by atoms with E-state index in [1.807, 2.05) is 18.2 Å². The molecule has 4 nitrogen and oxygen atoms in total. The lowest BCUT2D eigenvalue weighted by molar-refractivity contribution is 0.173. The lowest BCUT2D eigenvalue weighted by atomic mass is 9.98. The third-order valence-electron chi connectivity index (χ3n) is 4.21. The van der Waals surface area contributed by atoms with E-state index in [9.17, 15) is 4.39 Å². The molecule has 124 valence electrons. The number of amidine groups is 1. The van der Waals surface area contributed by atoms with E-state index in [1.165, 1.54) is 6.07 Å². The van der Waals surface area contributed by atoms with Crippen molar-refractivity contribution in [2.75, 3.05) is 19.9 Å². The highest BCUT2D eigenvalue weighted by Gasteiger charge is 2.21. The van der Waals surface area contributed by atoms with Gasteiger partial charge in [0.25, 0.3) is 0 Å². The number of aryl methyl sites for hydroxylation is 1. The molecule has 0 bridgehead atoms. The second-order valence-corrected chi connectivity index (χ2v) is 6.64. The van der Waals surface area contributed by atoms with Crippen molar-refractivity contribution in [1.29, 1.82) is 0 Å². The largest absolute Gasteiger partial charge is 0.454 e. The van der Waals surface area contributed by atoms with Crippen molar-refractivity contribution < 1.29 is 13.9 Å². The summed E-state index contributed by atoms with van der Waals surface area (Å²) in [5.74, 6) is 2.07. The standard InChI is InChI=1S/C18H16BrFN2O2/c19-12-8-11(17-16(9-12)23-10-24-17)4-5-13-14(2-1-3-15(13)20)18-21-6-7-22-18/h1-3,8-9H,4-7,10H2,(H,21,22). The summed E-state index contributed by atoms with van der Waals surface area (Å²) >= 11 is 3.49. The zero-order valence-electron chi connectivity index (χ0n) is 12.9. The van der Waals surface area contributed by atoms with E-state index >= 15 is 0 Å². The van der Waals surface area contributed by atoms with Crippen LogP contribution in [0, 0.1) is 5.82 Å². The number of aliphatic imine (C=N–C) groups is 1. The van der Waals surface area contributed by atoms with Crippen LogP contribution in [0.15, 0.2) is 39.8 Å². The molecule has 0 aliphatic carbocycles. The van der Waals surface area contributed by atoms with Crippen LogP contribution in [0.1, 0.15) is 16.7 Å². The lowest BCUT2D eigenvalue weighted by Gasteiger charge is -2.12. The van der Waals surface area contributed by atoms with Crippen molar-refractivity contribution in [3.8, 4) is 11.5 Å². The smallest absolute Gasteiger partial charge is 0.231 e. The molecule has 0 radical (unpaired) electrons. The van der Waals surface area contributed by atoms with E-state index in [-0.39, 0.29) is 12.6 Å². The van der Waals surface area contributed by atoms with Crippen LogP contribution in [-0.4, -0.2) is 25.7 Å². The summed E-state index contributed by atoms with van der Waals surface area (Å²) in [7, 11) is 0. The molecule has 2 heterocycles. The summed E-state index contributed by atoms with van der Waals surface area (Å²) in [6.45, 7) is 1.76. The Morgan fingerprint density at radius 3 is 2.96 bits per heavy atom. The van der Waals surface area contributed by atoms with Gasteiger partial charge in [-0.1, -0.05) is 28.1 Å². The number of nitrogens with one attached hydrogen (secondary N) is 1. The van der Waals surface area contributed by atoms with Gasteiger partial charge in [0.15, 0.2) is 11.5 Å². The van der Waals surface area contributed by atoms with Crippen LogP contribution < -0.4 is 14.8 Å². The molecule has 2 aliphatic rings. The Balaban J connectivity index is 1.63. The second-order valence-electron chi connectivity index (χ2n) is 5.72. The first-order valence-electron chi connectivity index (χ1n) is 7.86.